The van der Waals surface area contributed by atoms with Crippen molar-refractivity contribution in [2.75, 3.05) is 13.1 Å². The largest absolute Gasteiger partial charge is 0.480 e. The minimum Gasteiger partial charge on any atom is -0.480 e. The maximum Gasteiger partial charge on any atom is 0.326 e. The van der Waals surface area contributed by atoms with Gasteiger partial charge in [-0.05, 0) is 11.8 Å². The Morgan fingerprint density at radius 3 is 2.41 bits per heavy atom. The number of hydrogen-bond donors (Lipinski definition) is 2. The maximum absolute atomic E-state index is 12.7. The molecule has 0 saturated heterocycles. The Hall–Kier alpha value is -2.51. The van der Waals surface area contributed by atoms with Crippen LogP contribution in [0.15, 0.2) is 18.6 Å². The van der Waals surface area contributed by atoms with E-state index in [-0.39, 0.29) is 12.2 Å². The molecular weight excluding hydrogens is 348 g/mol. The summed E-state index contributed by atoms with van der Waals surface area (Å²) >= 11 is 0. The van der Waals surface area contributed by atoms with Gasteiger partial charge in [0.1, 0.15) is 11.7 Å². The molecule has 0 aliphatic heterocycles. The van der Waals surface area contributed by atoms with E-state index in [4.69, 9.17) is 0 Å². The van der Waals surface area contributed by atoms with Gasteiger partial charge in [-0.2, -0.15) is 0 Å². The lowest BCUT2D eigenvalue weighted by Gasteiger charge is -2.29. The molecule has 150 valence electrons. The van der Waals surface area contributed by atoms with Gasteiger partial charge in [0, 0.05) is 18.9 Å². The fraction of sp³-hybridized carbons (Fsp3) is 0.632. The van der Waals surface area contributed by atoms with Crippen molar-refractivity contribution in [3.63, 3.8) is 0 Å². The van der Waals surface area contributed by atoms with Crippen LogP contribution in [0.2, 0.25) is 0 Å². The average molecular weight is 378 g/mol. The van der Waals surface area contributed by atoms with Crippen LogP contribution in [0, 0.1) is 5.41 Å². The molecule has 1 rings (SSSR count). The van der Waals surface area contributed by atoms with E-state index in [0.29, 0.717) is 6.54 Å². The molecule has 1 atom stereocenters. The Kier molecular flexibility index (Phi) is 8.84. The highest BCUT2D eigenvalue weighted by atomic mass is 16.4. The summed E-state index contributed by atoms with van der Waals surface area (Å²) in [7, 11) is 0. The van der Waals surface area contributed by atoms with Crippen LogP contribution in [0.25, 0.3) is 0 Å². The topological polar surface area (TPSA) is 112 Å². The van der Waals surface area contributed by atoms with Crippen molar-refractivity contribution < 1.29 is 19.5 Å². The molecule has 1 aromatic heterocycles. The Labute approximate surface area is 160 Å². The summed E-state index contributed by atoms with van der Waals surface area (Å²) in [6.07, 6.45) is 8.05. The second kappa shape index (κ2) is 10.6. The zero-order chi connectivity index (χ0) is 20.4. The first-order valence-electron chi connectivity index (χ1n) is 9.24. The maximum atomic E-state index is 12.7. The molecule has 0 aliphatic rings. The molecule has 2 amide bonds. The van der Waals surface area contributed by atoms with E-state index in [2.05, 4.69) is 22.2 Å². The lowest BCUT2D eigenvalue weighted by molar-refractivity contribution is -0.145. The number of unbranched alkanes of at least 4 members (excludes halogenated alkanes) is 3. The average Bonchev–Trinajstić information content (AvgIpc) is 2.61. The molecule has 2 N–H and O–H groups in total. The third-order valence-corrected chi connectivity index (χ3v) is 4.10. The normalized spacial score (nSPS) is 12.3. The van der Waals surface area contributed by atoms with Crippen LogP contribution >= 0.6 is 0 Å². The minimum absolute atomic E-state index is 0.159. The van der Waals surface area contributed by atoms with Crippen LogP contribution in [0.5, 0.6) is 0 Å². The SMILES string of the molecule is CCCCCCN(CC(=O)N[C@H](C(=O)O)C(C)(C)C)C(=O)c1cnccn1. The van der Waals surface area contributed by atoms with Gasteiger partial charge in [0.05, 0.1) is 12.7 Å². The number of aromatic nitrogens is 2. The smallest absolute Gasteiger partial charge is 0.326 e. The van der Waals surface area contributed by atoms with Gasteiger partial charge in [-0.1, -0.05) is 47.0 Å². The molecule has 0 radical (unpaired) electrons. The van der Waals surface area contributed by atoms with Gasteiger partial charge in [-0.3, -0.25) is 14.6 Å². The number of nitrogens with one attached hydrogen (secondary N) is 1. The van der Waals surface area contributed by atoms with Crippen LogP contribution < -0.4 is 5.32 Å². The lowest BCUT2D eigenvalue weighted by atomic mass is 9.87. The number of rotatable bonds is 10. The first-order valence-corrected chi connectivity index (χ1v) is 9.24. The van der Waals surface area contributed by atoms with Crippen molar-refractivity contribution in [1.29, 1.82) is 0 Å². The van der Waals surface area contributed by atoms with Gasteiger partial charge in [0.15, 0.2) is 0 Å². The number of nitrogens with zero attached hydrogens (tertiary/aromatic N) is 3. The van der Waals surface area contributed by atoms with E-state index < -0.39 is 29.2 Å². The van der Waals surface area contributed by atoms with Crippen molar-refractivity contribution in [3.8, 4) is 0 Å². The van der Waals surface area contributed by atoms with Crippen molar-refractivity contribution in [1.82, 2.24) is 20.2 Å². The van der Waals surface area contributed by atoms with Gasteiger partial charge in [-0.25, -0.2) is 9.78 Å². The molecule has 1 aromatic rings. The highest BCUT2D eigenvalue weighted by Crippen LogP contribution is 2.19. The van der Waals surface area contributed by atoms with Gasteiger partial charge in [0.2, 0.25) is 5.91 Å². The molecule has 0 spiro atoms. The van der Waals surface area contributed by atoms with Crippen LogP contribution in [-0.4, -0.2) is 56.9 Å². The van der Waals surface area contributed by atoms with Crippen molar-refractivity contribution >= 4 is 17.8 Å². The Balaban J connectivity index is 2.84. The van der Waals surface area contributed by atoms with Crippen LogP contribution in [0.4, 0.5) is 0 Å². The third-order valence-electron chi connectivity index (χ3n) is 4.10. The Morgan fingerprint density at radius 1 is 1.19 bits per heavy atom. The summed E-state index contributed by atoms with van der Waals surface area (Å²) in [6, 6.07) is -1.04. The number of carboxylic acid groups (broad SMARTS) is 1. The van der Waals surface area contributed by atoms with E-state index in [1.807, 2.05) is 0 Å². The first-order chi connectivity index (χ1) is 12.7. The van der Waals surface area contributed by atoms with E-state index in [1.54, 1.807) is 20.8 Å². The number of carboxylic acids is 1. The number of carbonyl (C=O) groups excluding carboxylic acids is 2. The van der Waals surface area contributed by atoms with Crippen molar-refractivity contribution in [2.45, 2.75) is 59.4 Å². The molecular formula is C19H30N4O4. The predicted octanol–water partition coefficient (Wildman–Crippen LogP) is 2.11. The minimum atomic E-state index is -1.11. The zero-order valence-corrected chi connectivity index (χ0v) is 16.6. The molecule has 1 heterocycles. The van der Waals surface area contributed by atoms with Gasteiger partial charge < -0.3 is 15.3 Å². The summed E-state index contributed by atoms with van der Waals surface area (Å²) in [5.74, 6) is -2.01. The summed E-state index contributed by atoms with van der Waals surface area (Å²) in [6.45, 7) is 7.48. The van der Waals surface area contributed by atoms with E-state index >= 15 is 0 Å². The van der Waals surface area contributed by atoms with Crippen LogP contribution in [-0.2, 0) is 9.59 Å². The molecule has 0 aromatic carbocycles. The van der Waals surface area contributed by atoms with Gasteiger partial charge in [-0.15, -0.1) is 0 Å². The fourth-order valence-electron chi connectivity index (χ4n) is 2.58. The van der Waals surface area contributed by atoms with E-state index in [0.717, 1.165) is 25.7 Å². The summed E-state index contributed by atoms with van der Waals surface area (Å²) in [5.41, 5.74) is -0.492. The quantitative estimate of drug-likeness (QED) is 0.603. The van der Waals surface area contributed by atoms with Crippen LogP contribution in [0.3, 0.4) is 0 Å². The highest BCUT2D eigenvalue weighted by Gasteiger charge is 2.33. The van der Waals surface area contributed by atoms with E-state index in [1.165, 1.54) is 23.5 Å². The number of hydrogen-bond acceptors (Lipinski definition) is 5. The lowest BCUT2D eigenvalue weighted by Crippen LogP contribution is -2.52. The second-order valence-electron chi connectivity index (χ2n) is 7.58. The Bertz CT molecular complexity index is 628. The van der Waals surface area contributed by atoms with Gasteiger partial charge in [0.25, 0.3) is 5.91 Å². The standard InChI is InChI=1S/C19H30N4O4/c1-5-6-7-8-11-23(17(25)14-12-20-9-10-21-14)13-15(24)22-16(18(26)27)19(2,3)4/h9-10,12,16H,5-8,11,13H2,1-4H3,(H,22,24)(H,26,27)/t16-/m1/s1. The molecule has 0 saturated carbocycles. The number of aliphatic carboxylic acids is 1. The van der Waals surface area contributed by atoms with E-state index in [9.17, 15) is 19.5 Å². The molecule has 8 nitrogen and oxygen atoms in total. The molecule has 0 bridgehead atoms. The van der Waals surface area contributed by atoms with Crippen molar-refractivity contribution in [3.05, 3.63) is 24.3 Å². The summed E-state index contributed by atoms with van der Waals surface area (Å²) in [4.78, 5) is 45.9. The predicted molar refractivity (Wildman–Crippen MR) is 101 cm³/mol. The first kappa shape index (κ1) is 22.5. The third kappa shape index (κ3) is 7.72. The molecule has 8 heteroatoms. The molecule has 0 unspecified atom stereocenters. The zero-order valence-electron chi connectivity index (χ0n) is 16.6. The number of amides is 2. The Morgan fingerprint density at radius 2 is 1.89 bits per heavy atom. The van der Waals surface area contributed by atoms with Gasteiger partial charge >= 0.3 is 5.97 Å². The summed E-state index contributed by atoms with van der Waals surface area (Å²) in [5, 5.41) is 11.9. The molecule has 27 heavy (non-hydrogen) atoms. The van der Waals surface area contributed by atoms with Crippen LogP contribution in [0.1, 0.15) is 63.9 Å². The summed E-state index contributed by atoms with van der Waals surface area (Å²) < 4.78 is 0. The monoisotopic (exact) mass is 378 g/mol. The highest BCUT2D eigenvalue weighted by molar-refractivity contribution is 5.95. The van der Waals surface area contributed by atoms with Crippen molar-refractivity contribution in [2.24, 2.45) is 5.41 Å². The molecule has 0 fully saturated rings. The second-order valence-corrected chi connectivity index (χ2v) is 7.58. The number of carbonyl (C=O) groups is 3. The fourth-order valence-corrected chi connectivity index (χ4v) is 2.58. The molecule has 0 aliphatic carbocycles.